The second-order valence-corrected chi connectivity index (χ2v) is 7.77. The van der Waals surface area contributed by atoms with Gasteiger partial charge in [-0.25, -0.2) is 0 Å². The molecule has 7 nitrogen and oxygen atoms in total. The van der Waals surface area contributed by atoms with Gasteiger partial charge in [0.1, 0.15) is 0 Å². The van der Waals surface area contributed by atoms with Crippen LogP contribution in [0.15, 0.2) is 35.3 Å². The summed E-state index contributed by atoms with van der Waals surface area (Å²) >= 11 is 0. The summed E-state index contributed by atoms with van der Waals surface area (Å²) in [4.78, 5) is 16.5. The third kappa shape index (κ3) is 2.55. The Morgan fingerprint density at radius 1 is 1.14 bits per heavy atom. The van der Waals surface area contributed by atoms with Crippen LogP contribution in [0.5, 0.6) is 0 Å². The summed E-state index contributed by atoms with van der Waals surface area (Å²) in [5.41, 5.74) is -0.856. The normalized spacial score (nSPS) is 29.5. The maximum atomic E-state index is 12.1. The number of hydrogen-bond acceptors (Lipinski definition) is 7. The Morgan fingerprint density at radius 2 is 1.68 bits per heavy atom. The standard InChI is InChI=1S/C14H20NO6P/c1-11(16)14(2)13(15-12-9-7-6-8-10-12)20-22(17-3,18-4,19-5)21-14/h6-10H,1-5H3. The van der Waals surface area contributed by atoms with Crippen molar-refractivity contribution in [1.82, 2.24) is 0 Å². The number of hydrogen-bond donors (Lipinski definition) is 0. The molecular weight excluding hydrogens is 309 g/mol. The van der Waals surface area contributed by atoms with Crippen LogP contribution < -0.4 is 0 Å². The van der Waals surface area contributed by atoms with Crippen LogP contribution in [0.4, 0.5) is 5.69 Å². The molecule has 2 rings (SSSR count). The fourth-order valence-electron chi connectivity index (χ4n) is 1.99. The fourth-order valence-corrected chi connectivity index (χ4v) is 4.23. The molecule has 0 aliphatic carbocycles. The van der Waals surface area contributed by atoms with Gasteiger partial charge in [0.25, 0.3) is 0 Å². The van der Waals surface area contributed by atoms with Crippen LogP contribution in [0.25, 0.3) is 0 Å². The van der Waals surface area contributed by atoms with E-state index >= 15 is 0 Å². The minimum atomic E-state index is -4.35. The molecule has 1 aromatic carbocycles. The molecule has 1 aliphatic rings. The Balaban J connectivity index is 2.57. The predicted molar refractivity (Wildman–Crippen MR) is 82.7 cm³/mol. The predicted octanol–water partition coefficient (Wildman–Crippen LogP) is 3.18. The van der Waals surface area contributed by atoms with Crippen molar-refractivity contribution in [2.45, 2.75) is 19.4 Å². The maximum absolute atomic E-state index is 12.1. The van der Waals surface area contributed by atoms with Gasteiger partial charge in [0, 0.05) is 0 Å². The molecule has 0 aromatic heterocycles. The fraction of sp³-hybridized carbons (Fsp3) is 0.429. The topological polar surface area (TPSA) is 75.6 Å². The van der Waals surface area contributed by atoms with Gasteiger partial charge in [-0.1, -0.05) is 0 Å². The van der Waals surface area contributed by atoms with Gasteiger partial charge in [-0.2, -0.15) is 0 Å². The first-order valence-corrected chi connectivity index (χ1v) is 8.43. The number of benzene rings is 1. The molecule has 0 radical (unpaired) electrons. The van der Waals surface area contributed by atoms with Crippen molar-refractivity contribution in [3.8, 4) is 0 Å². The van der Waals surface area contributed by atoms with E-state index in [1.54, 1.807) is 19.1 Å². The van der Waals surface area contributed by atoms with E-state index in [1.165, 1.54) is 28.3 Å². The number of Topliss-reactive ketones (excluding diaryl/α,β-unsaturated/α-hetero) is 1. The van der Waals surface area contributed by atoms with Crippen molar-refractivity contribution < 1.29 is 27.4 Å². The van der Waals surface area contributed by atoms with Crippen molar-refractivity contribution >= 4 is 25.1 Å². The van der Waals surface area contributed by atoms with E-state index < -0.39 is 13.3 Å². The molecule has 0 saturated carbocycles. The zero-order chi connectivity index (χ0) is 16.5. The summed E-state index contributed by atoms with van der Waals surface area (Å²) in [7, 11) is -0.364. The van der Waals surface area contributed by atoms with Gasteiger partial charge >= 0.3 is 129 Å². The molecule has 8 heteroatoms. The molecule has 0 N–H and O–H groups in total. The summed E-state index contributed by atoms with van der Waals surface area (Å²) in [6, 6.07) is 9.05. The molecule has 1 saturated heterocycles. The minimum absolute atomic E-state index is 0.0365. The quantitative estimate of drug-likeness (QED) is 0.772. The Bertz CT molecular complexity index is 590. The van der Waals surface area contributed by atoms with Crippen LogP contribution in [0.3, 0.4) is 0 Å². The second-order valence-electron chi connectivity index (χ2n) is 4.82. The summed E-state index contributed by atoms with van der Waals surface area (Å²) in [5, 5.41) is 0. The van der Waals surface area contributed by atoms with Gasteiger partial charge in [-0.3, -0.25) is 0 Å². The molecular formula is C14H20NO6P. The van der Waals surface area contributed by atoms with Gasteiger partial charge < -0.3 is 0 Å². The van der Waals surface area contributed by atoms with E-state index in [4.69, 9.17) is 22.6 Å². The third-order valence-electron chi connectivity index (χ3n) is 3.53. The number of carbonyl (C=O) groups excluding carboxylic acids is 1. The molecule has 0 spiro atoms. The number of nitrogens with zero attached hydrogens (tertiary/aromatic N) is 1. The number of para-hydroxylation sites is 1. The SMILES string of the molecule is COP1(OC)(OC)OC(=Nc2ccccc2)C(C)(C(C)=O)O1. The first kappa shape index (κ1) is 17.0. The van der Waals surface area contributed by atoms with Gasteiger partial charge in [0.05, 0.1) is 0 Å². The Morgan fingerprint density at radius 3 is 2.14 bits per heavy atom. The Hall–Kier alpha value is -1.37. The third-order valence-corrected chi connectivity index (χ3v) is 6.45. The first-order valence-electron chi connectivity index (χ1n) is 6.61. The van der Waals surface area contributed by atoms with Crippen molar-refractivity contribution in [3.05, 3.63) is 30.3 Å². The van der Waals surface area contributed by atoms with Gasteiger partial charge in [-0.05, 0) is 0 Å². The summed E-state index contributed by atoms with van der Waals surface area (Å²) < 4.78 is 27.4. The average molecular weight is 329 g/mol. The van der Waals surface area contributed by atoms with E-state index in [2.05, 4.69) is 4.99 Å². The zero-order valence-corrected chi connectivity index (χ0v) is 14.1. The molecule has 1 aromatic rings. The Kier molecular flexibility index (Phi) is 4.39. The van der Waals surface area contributed by atoms with Crippen LogP contribution >= 0.6 is 7.74 Å². The van der Waals surface area contributed by atoms with Crippen molar-refractivity contribution in [2.75, 3.05) is 21.3 Å². The van der Waals surface area contributed by atoms with Crippen molar-refractivity contribution in [1.29, 1.82) is 0 Å². The van der Waals surface area contributed by atoms with Crippen LogP contribution in [-0.4, -0.2) is 38.6 Å². The molecule has 1 atom stereocenters. The Labute approximate surface area is 129 Å². The van der Waals surface area contributed by atoms with E-state index in [0.29, 0.717) is 5.69 Å². The van der Waals surface area contributed by atoms with E-state index in [-0.39, 0.29) is 11.7 Å². The molecule has 1 aliphatic heterocycles. The number of aliphatic imine (C=N–C) groups is 1. The van der Waals surface area contributed by atoms with E-state index in [9.17, 15) is 4.79 Å². The second kappa shape index (κ2) is 5.68. The van der Waals surface area contributed by atoms with Crippen LogP contribution in [0.1, 0.15) is 13.8 Å². The van der Waals surface area contributed by atoms with Crippen LogP contribution in [-0.2, 0) is 27.4 Å². The average Bonchev–Trinajstić information content (AvgIpc) is 2.81. The summed E-state index contributed by atoms with van der Waals surface area (Å²) in [6.45, 7) is 2.92. The van der Waals surface area contributed by atoms with Gasteiger partial charge in [0.2, 0.25) is 0 Å². The van der Waals surface area contributed by atoms with E-state index in [0.717, 1.165) is 0 Å². The number of rotatable bonds is 5. The molecule has 0 bridgehead atoms. The molecule has 0 amide bonds. The monoisotopic (exact) mass is 329 g/mol. The van der Waals surface area contributed by atoms with Crippen LogP contribution in [0, 0.1) is 0 Å². The van der Waals surface area contributed by atoms with Crippen molar-refractivity contribution in [2.24, 2.45) is 4.99 Å². The van der Waals surface area contributed by atoms with E-state index in [1.807, 2.05) is 18.2 Å². The molecule has 122 valence electrons. The number of ketones is 1. The van der Waals surface area contributed by atoms with Crippen LogP contribution in [0.2, 0.25) is 0 Å². The summed E-state index contributed by atoms with van der Waals surface area (Å²) in [5.74, 6) is -0.269. The molecule has 1 fully saturated rings. The van der Waals surface area contributed by atoms with Crippen molar-refractivity contribution in [3.63, 3.8) is 0 Å². The van der Waals surface area contributed by atoms with Gasteiger partial charge in [-0.15, -0.1) is 0 Å². The van der Waals surface area contributed by atoms with Gasteiger partial charge in [0.15, 0.2) is 0 Å². The zero-order valence-electron chi connectivity index (χ0n) is 13.2. The molecule has 1 heterocycles. The molecule has 22 heavy (non-hydrogen) atoms. The number of carbonyl (C=O) groups is 1. The first-order chi connectivity index (χ1) is 10.3. The summed E-state index contributed by atoms with van der Waals surface area (Å²) in [6.07, 6.45) is 0. The molecule has 1 unspecified atom stereocenters.